The summed E-state index contributed by atoms with van der Waals surface area (Å²) in [7, 11) is 0. The molecular formula is C16H13ClN2O2. The number of nitrogens with zero attached hydrogens (tertiary/aromatic N) is 1. The van der Waals surface area contributed by atoms with Crippen LogP contribution in [0.5, 0.6) is 0 Å². The van der Waals surface area contributed by atoms with E-state index in [0.29, 0.717) is 16.4 Å². The summed E-state index contributed by atoms with van der Waals surface area (Å²) < 4.78 is 0. The summed E-state index contributed by atoms with van der Waals surface area (Å²) in [6.07, 6.45) is 0.172. The van der Waals surface area contributed by atoms with Gasteiger partial charge in [-0.2, -0.15) is 0 Å². The van der Waals surface area contributed by atoms with E-state index < -0.39 is 5.92 Å². The van der Waals surface area contributed by atoms with Gasteiger partial charge in [-0.05, 0) is 23.8 Å². The van der Waals surface area contributed by atoms with Crippen LogP contribution in [0.4, 0.5) is 11.4 Å². The molecule has 5 heteroatoms. The van der Waals surface area contributed by atoms with E-state index in [1.165, 1.54) is 4.90 Å². The molecule has 2 N–H and O–H groups in total. The number of benzene rings is 2. The fourth-order valence-electron chi connectivity index (χ4n) is 2.52. The zero-order chi connectivity index (χ0) is 15.0. The van der Waals surface area contributed by atoms with Gasteiger partial charge in [0.05, 0.1) is 22.3 Å². The number of anilines is 2. The molecule has 1 unspecified atom stereocenters. The van der Waals surface area contributed by atoms with E-state index in [1.807, 2.05) is 30.3 Å². The Kier molecular flexibility index (Phi) is 3.39. The summed E-state index contributed by atoms with van der Waals surface area (Å²) in [4.78, 5) is 25.9. The number of nitrogens with two attached hydrogens (primary N) is 1. The standard InChI is InChI=1S/C16H13ClN2O2/c17-13-7-6-11(8-14(13)18)19-15(20)9-12(16(19)21)10-4-2-1-3-5-10/h1-8,12H,9,18H2. The molecule has 0 spiro atoms. The van der Waals surface area contributed by atoms with Gasteiger partial charge < -0.3 is 5.73 Å². The first kappa shape index (κ1) is 13.6. The Balaban J connectivity index is 1.96. The van der Waals surface area contributed by atoms with Crippen LogP contribution in [0, 0.1) is 0 Å². The second-order valence-corrected chi connectivity index (χ2v) is 5.35. The molecule has 0 aromatic heterocycles. The Labute approximate surface area is 127 Å². The molecule has 0 saturated carbocycles. The summed E-state index contributed by atoms with van der Waals surface area (Å²) in [5.74, 6) is -0.890. The summed E-state index contributed by atoms with van der Waals surface area (Å²) in [5, 5.41) is 0.400. The Morgan fingerprint density at radius 2 is 1.81 bits per heavy atom. The van der Waals surface area contributed by atoms with Crippen molar-refractivity contribution in [1.82, 2.24) is 0 Å². The molecule has 1 heterocycles. The third-order valence-electron chi connectivity index (χ3n) is 3.59. The molecule has 2 aromatic carbocycles. The molecule has 0 aliphatic carbocycles. The number of halogens is 1. The molecule has 1 aliphatic heterocycles. The van der Waals surface area contributed by atoms with E-state index >= 15 is 0 Å². The SMILES string of the molecule is Nc1cc(N2C(=O)CC(c3ccccc3)C2=O)ccc1Cl. The lowest BCUT2D eigenvalue weighted by molar-refractivity contribution is -0.121. The fourth-order valence-corrected chi connectivity index (χ4v) is 2.64. The van der Waals surface area contributed by atoms with E-state index in [0.717, 1.165) is 5.56 Å². The summed E-state index contributed by atoms with van der Waals surface area (Å²) >= 11 is 5.87. The molecular weight excluding hydrogens is 288 g/mol. The van der Waals surface area contributed by atoms with Crippen molar-refractivity contribution in [3.63, 3.8) is 0 Å². The van der Waals surface area contributed by atoms with Crippen molar-refractivity contribution >= 4 is 34.8 Å². The molecule has 0 bridgehead atoms. The number of rotatable bonds is 2. The minimum Gasteiger partial charge on any atom is -0.397 e. The molecule has 3 rings (SSSR count). The summed E-state index contributed by atoms with van der Waals surface area (Å²) in [5.41, 5.74) is 7.40. The van der Waals surface area contributed by atoms with Crippen molar-refractivity contribution < 1.29 is 9.59 Å². The largest absolute Gasteiger partial charge is 0.397 e. The van der Waals surface area contributed by atoms with Crippen LogP contribution >= 0.6 is 11.6 Å². The molecule has 0 radical (unpaired) electrons. The highest BCUT2D eigenvalue weighted by atomic mass is 35.5. The zero-order valence-electron chi connectivity index (χ0n) is 11.1. The van der Waals surface area contributed by atoms with Gasteiger partial charge in [0.15, 0.2) is 0 Å². The van der Waals surface area contributed by atoms with E-state index in [4.69, 9.17) is 17.3 Å². The third-order valence-corrected chi connectivity index (χ3v) is 3.93. The maximum absolute atomic E-state index is 12.5. The van der Waals surface area contributed by atoms with E-state index in [9.17, 15) is 9.59 Å². The molecule has 2 amide bonds. The van der Waals surface area contributed by atoms with Crippen LogP contribution in [-0.2, 0) is 9.59 Å². The van der Waals surface area contributed by atoms with Crippen LogP contribution < -0.4 is 10.6 Å². The number of nitrogen functional groups attached to an aromatic ring is 1. The van der Waals surface area contributed by atoms with Crippen molar-refractivity contribution in [1.29, 1.82) is 0 Å². The zero-order valence-corrected chi connectivity index (χ0v) is 11.9. The van der Waals surface area contributed by atoms with Gasteiger partial charge in [0.1, 0.15) is 0 Å². The van der Waals surface area contributed by atoms with E-state index in [-0.39, 0.29) is 18.2 Å². The molecule has 1 saturated heterocycles. The summed E-state index contributed by atoms with van der Waals surface area (Å²) in [6.45, 7) is 0. The fraction of sp³-hybridized carbons (Fsp3) is 0.125. The number of hydrogen-bond donors (Lipinski definition) is 1. The minimum atomic E-state index is -0.435. The highest BCUT2D eigenvalue weighted by Crippen LogP contribution is 2.34. The van der Waals surface area contributed by atoms with Crippen LogP contribution in [0.25, 0.3) is 0 Å². The van der Waals surface area contributed by atoms with Gasteiger partial charge in [-0.15, -0.1) is 0 Å². The van der Waals surface area contributed by atoms with Gasteiger partial charge in [-0.3, -0.25) is 9.59 Å². The highest BCUT2D eigenvalue weighted by molar-refractivity contribution is 6.33. The molecule has 106 valence electrons. The van der Waals surface area contributed by atoms with Crippen molar-refractivity contribution in [2.45, 2.75) is 12.3 Å². The Morgan fingerprint density at radius 1 is 1.10 bits per heavy atom. The molecule has 1 atom stereocenters. The topological polar surface area (TPSA) is 63.4 Å². The molecule has 1 fully saturated rings. The summed E-state index contributed by atoms with van der Waals surface area (Å²) in [6, 6.07) is 14.1. The quantitative estimate of drug-likeness (QED) is 0.685. The number of carbonyl (C=O) groups is 2. The average molecular weight is 301 g/mol. The number of imide groups is 1. The first-order valence-electron chi connectivity index (χ1n) is 6.54. The van der Waals surface area contributed by atoms with Crippen LogP contribution in [0.2, 0.25) is 5.02 Å². The van der Waals surface area contributed by atoms with Crippen molar-refractivity contribution in [3.8, 4) is 0 Å². The van der Waals surface area contributed by atoms with Gasteiger partial charge in [0, 0.05) is 6.42 Å². The smallest absolute Gasteiger partial charge is 0.241 e. The normalized spacial score (nSPS) is 18.3. The van der Waals surface area contributed by atoms with Gasteiger partial charge in [-0.1, -0.05) is 41.9 Å². The Bertz CT molecular complexity index is 715. The predicted octanol–water partition coefficient (Wildman–Crippen LogP) is 2.97. The average Bonchev–Trinajstić information content (AvgIpc) is 2.78. The van der Waals surface area contributed by atoms with Crippen molar-refractivity contribution in [3.05, 3.63) is 59.1 Å². The second kappa shape index (κ2) is 5.22. The van der Waals surface area contributed by atoms with Gasteiger partial charge in [-0.25, -0.2) is 4.90 Å². The molecule has 4 nitrogen and oxygen atoms in total. The molecule has 1 aliphatic rings. The van der Waals surface area contributed by atoms with Crippen LogP contribution in [0.1, 0.15) is 17.9 Å². The first-order valence-corrected chi connectivity index (χ1v) is 6.92. The lowest BCUT2D eigenvalue weighted by Crippen LogP contribution is -2.30. The maximum Gasteiger partial charge on any atom is 0.241 e. The maximum atomic E-state index is 12.5. The molecule has 2 aromatic rings. The molecule has 21 heavy (non-hydrogen) atoms. The third kappa shape index (κ3) is 2.38. The Morgan fingerprint density at radius 3 is 2.48 bits per heavy atom. The van der Waals surface area contributed by atoms with Crippen LogP contribution in [-0.4, -0.2) is 11.8 Å². The van der Waals surface area contributed by atoms with Gasteiger partial charge in [0.2, 0.25) is 11.8 Å². The van der Waals surface area contributed by atoms with Gasteiger partial charge >= 0.3 is 0 Å². The first-order chi connectivity index (χ1) is 10.1. The Hall–Kier alpha value is -2.33. The van der Waals surface area contributed by atoms with E-state index in [1.54, 1.807) is 18.2 Å². The second-order valence-electron chi connectivity index (χ2n) is 4.94. The highest BCUT2D eigenvalue weighted by Gasteiger charge is 2.40. The number of carbonyl (C=O) groups excluding carboxylic acids is 2. The van der Waals surface area contributed by atoms with E-state index in [2.05, 4.69) is 0 Å². The monoisotopic (exact) mass is 300 g/mol. The lowest BCUT2D eigenvalue weighted by atomic mass is 9.98. The van der Waals surface area contributed by atoms with Crippen molar-refractivity contribution in [2.24, 2.45) is 0 Å². The number of amides is 2. The lowest BCUT2D eigenvalue weighted by Gasteiger charge is -2.16. The van der Waals surface area contributed by atoms with Crippen molar-refractivity contribution in [2.75, 3.05) is 10.6 Å². The number of hydrogen-bond acceptors (Lipinski definition) is 3. The van der Waals surface area contributed by atoms with Crippen LogP contribution in [0.15, 0.2) is 48.5 Å². The predicted molar refractivity (Wildman–Crippen MR) is 82.2 cm³/mol. The minimum absolute atomic E-state index is 0.172. The van der Waals surface area contributed by atoms with Crippen LogP contribution in [0.3, 0.4) is 0 Å². The van der Waals surface area contributed by atoms with Gasteiger partial charge in [0.25, 0.3) is 0 Å².